The topological polar surface area (TPSA) is 41.0 Å². The summed E-state index contributed by atoms with van der Waals surface area (Å²) in [5.41, 5.74) is 4.06. The van der Waals surface area contributed by atoms with Crippen molar-refractivity contribution in [3.63, 3.8) is 0 Å². The van der Waals surface area contributed by atoms with Gasteiger partial charge in [0.15, 0.2) is 0 Å². The molecule has 34 heavy (non-hydrogen) atoms. The molecule has 1 saturated heterocycles. The summed E-state index contributed by atoms with van der Waals surface area (Å²) in [4.78, 5) is 17.5. The fraction of sp³-hybridized carbons (Fsp3) is 0.321. The van der Waals surface area contributed by atoms with Crippen LogP contribution in [0.15, 0.2) is 77.6 Å². The highest BCUT2D eigenvalue weighted by molar-refractivity contribution is 5.75. The molecule has 1 aliphatic heterocycles. The highest BCUT2D eigenvalue weighted by atomic mass is 19.1. The van der Waals surface area contributed by atoms with Crippen molar-refractivity contribution < 1.29 is 8.78 Å². The molecule has 0 amide bonds. The average molecular weight is 464 g/mol. The van der Waals surface area contributed by atoms with Gasteiger partial charge in [-0.3, -0.25) is 4.57 Å². The minimum atomic E-state index is -0.241. The lowest BCUT2D eigenvalue weighted by Gasteiger charge is -2.31. The second-order valence-corrected chi connectivity index (χ2v) is 8.81. The zero-order valence-electron chi connectivity index (χ0n) is 19.7. The van der Waals surface area contributed by atoms with Crippen LogP contribution in [0, 0.1) is 11.6 Å². The van der Waals surface area contributed by atoms with Crippen molar-refractivity contribution in [1.29, 1.82) is 0 Å². The van der Waals surface area contributed by atoms with E-state index in [1.807, 2.05) is 35.8 Å². The lowest BCUT2D eigenvalue weighted by molar-refractivity contribution is 0.195. The first-order chi connectivity index (χ1) is 16.5. The molecular formula is C28H31F2N3O. The first-order valence-electron chi connectivity index (χ1n) is 11.9. The summed E-state index contributed by atoms with van der Waals surface area (Å²) in [6.07, 6.45) is 2.13. The number of hydrogen-bond donors (Lipinski definition) is 1. The number of imidazole rings is 1. The van der Waals surface area contributed by atoms with Crippen molar-refractivity contribution in [2.45, 2.75) is 38.6 Å². The van der Waals surface area contributed by atoms with Crippen LogP contribution in [-0.4, -0.2) is 34.1 Å². The summed E-state index contributed by atoms with van der Waals surface area (Å²) in [6, 6.07) is 21.1. The highest BCUT2D eigenvalue weighted by Gasteiger charge is 2.22. The van der Waals surface area contributed by atoms with Crippen LogP contribution in [-0.2, 0) is 0 Å². The summed E-state index contributed by atoms with van der Waals surface area (Å²) >= 11 is 0. The Bertz CT molecular complexity index is 1210. The number of nitrogens with zero attached hydrogens (tertiary/aromatic N) is 2. The van der Waals surface area contributed by atoms with Crippen LogP contribution in [0.5, 0.6) is 0 Å². The molecule has 1 fully saturated rings. The second kappa shape index (κ2) is 10.8. The number of aromatic nitrogens is 2. The Morgan fingerprint density at radius 3 is 1.94 bits per heavy atom. The summed E-state index contributed by atoms with van der Waals surface area (Å²) in [7, 11) is 0. The van der Waals surface area contributed by atoms with E-state index < -0.39 is 0 Å². The molecule has 0 unspecified atom stereocenters. The van der Waals surface area contributed by atoms with Crippen molar-refractivity contribution >= 4 is 11.0 Å². The van der Waals surface area contributed by atoms with Gasteiger partial charge in [-0.1, -0.05) is 50.2 Å². The molecule has 3 aromatic carbocycles. The van der Waals surface area contributed by atoms with Gasteiger partial charge in [-0.25, -0.2) is 13.6 Å². The van der Waals surface area contributed by atoms with Gasteiger partial charge in [0.05, 0.1) is 11.0 Å². The second-order valence-electron chi connectivity index (χ2n) is 8.81. The van der Waals surface area contributed by atoms with Crippen LogP contribution in [0.25, 0.3) is 11.0 Å². The Hall–Kier alpha value is -3.25. The van der Waals surface area contributed by atoms with Gasteiger partial charge in [0.1, 0.15) is 11.6 Å². The average Bonchev–Trinajstić information content (AvgIpc) is 3.20. The Labute approximate surface area is 198 Å². The number of nitrogens with one attached hydrogen (secondary N) is 1. The minimum Gasteiger partial charge on any atom is -0.306 e. The van der Waals surface area contributed by atoms with Crippen molar-refractivity contribution in [3.05, 3.63) is 106 Å². The predicted molar refractivity (Wildman–Crippen MR) is 133 cm³/mol. The van der Waals surface area contributed by atoms with E-state index >= 15 is 0 Å². The number of hydrogen-bond acceptors (Lipinski definition) is 2. The number of para-hydroxylation sites is 2. The standard InChI is InChI=1S/C14H12F2.C14H19N3O/c1-10(11-2-6-13(15)7-3-11)12-4-8-14(16)9-5-12;1-2-16-9-7-11(8-10-16)17-13-6-4-3-5-12(13)15-14(17)18/h2-10H,1H3;3-6,11H,2,7-10H2,1H3,(H,15,18). The van der Waals surface area contributed by atoms with Gasteiger partial charge in [0.2, 0.25) is 0 Å². The molecule has 4 nitrogen and oxygen atoms in total. The molecule has 0 bridgehead atoms. The van der Waals surface area contributed by atoms with E-state index in [4.69, 9.17) is 0 Å². The minimum absolute atomic E-state index is 0.0335. The summed E-state index contributed by atoms with van der Waals surface area (Å²) < 4.78 is 27.5. The third kappa shape index (κ3) is 5.45. The number of H-pyrrole nitrogens is 1. The number of benzene rings is 3. The zero-order chi connectivity index (χ0) is 24.1. The maximum Gasteiger partial charge on any atom is 0.326 e. The fourth-order valence-electron chi connectivity index (χ4n) is 4.63. The first kappa shape index (κ1) is 23.9. The molecule has 4 aromatic rings. The molecule has 0 radical (unpaired) electrons. The van der Waals surface area contributed by atoms with E-state index in [0.29, 0.717) is 6.04 Å². The van der Waals surface area contributed by atoms with Crippen molar-refractivity contribution in [3.8, 4) is 0 Å². The van der Waals surface area contributed by atoms with Gasteiger partial charge in [-0.05, 0) is 66.9 Å². The van der Waals surface area contributed by atoms with E-state index in [0.717, 1.165) is 54.6 Å². The number of rotatable bonds is 4. The van der Waals surface area contributed by atoms with Crippen molar-refractivity contribution in [2.75, 3.05) is 19.6 Å². The van der Waals surface area contributed by atoms with Gasteiger partial charge in [0, 0.05) is 25.0 Å². The maximum atomic E-state index is 12.8. The van der Waals surface area contributed by atoms with Gasteiger partial charge in [-0.2, -0.15) is 0 Å². The molecule has 1 aliphatic rings. The molecule has 1 N–H and O–H groups in total. The van der Waals surface area contributed by atoms with Crippen LogP contribution in [0.2, 0.25) is 0 Å². The number of likely N-dealkylation sites (tertiary alicyclic amines) is 1. The Kier molecular flexibility index (Phi) is 7.58. The molecule has 178 valence electrons. The first-order valence-corrected chi connectivity index (χ1v) is 11.9. The third-order valence-corrected chi connectivity index (χ3v) is 6.73. The summed E-state index contributed by atoms with van der Waals surface area (Å²) in [6.45, 7) is 7.49. The van der Waals surface area contributed by atoms with E-state index in [1.165, 1.54) is 24.3 Å². The van der Waals surface area contributed by atoms with Gasteiger partial charge in [0.25, 0.3) is 0 Å². The number of aromatic amines is 1. The zero-order valence-corrected chi connectivity index (χ0v) is 19.7. The molecule has 2 heterocycles. The van der Waals surface area contributed by atoms with Crippen LogP contribution < -0.4 is 5.69 Å². The predicted octanol–water partition coefficient (Wildman–Crippen LogP) is 6.10. The molecule has 6 heteroatoms. The Morgan fingerprint density at radius 1 is 0.882 bits per heavy atom. The Balaban J connectivity index is 0.000000162. The molecular weight excluding hydrogens is 432 g/mol. The van der Waals surface area contributed by atoms with Gasteiger partial charge in [-0.15, -0.1) is 0 Å². The summed E-state index contributed by atoms with van der Waals surface area (Å²) in [5, 5.41) is 0. The van der Waals surface area contributed by atoms with Gasteiger partial charge < -0.3 is 9.88 Å². The molecule has 1 aromatic heterocycles. The maximum absolute atomic E-state index is 12.8. The number of halogens is 2. The van der Waals surface area contributed by atoms with E-state index in [2.05, 4.69) is 16.8 Å². The van der Waals surface area contributed by atoms with Crippen LogP contribution in [0.4, 0.5) is 8.78 Å². The highest BCUT2D eigenvalue weighted by Crippen LogP contribution is 2.25. The summed E-state index contributed by atoms with van der Waals surface area (Å²) in [5.74, 6) is -0.341. The molecule has 0 aliphatic carbocycles. The largest absolute Gasteiger partial charge is 0.326 e. The lowest BCUT2D eigenvalue weighted by atomic mass is 9.93. The molecule has 0 atom stereocenters. The molecule has 0 saturated carbocycles. The van der Waals surface area contributed by atoms with E-state index in [1.54, 1.807) is 24.3 Å². The number of piperidine rings is 1. The monoisotopic (exact) mass is 463 g/mol. The van der Waals surface area contributed by atoms with Crippen molar-refractivity contribution in [1.82, 2.24) is 14.5 Å². The third-order valence-electron chi connectivity index (χ3n) is 6.73. The fourth-order valence-corrected chi connectivity index (χ4v) is 4.63. The normalized spacial score (nSPS) is 14.9. The van der Waals surface area contributed by atoms with Crippen LogP contribution >= 0.6 is 0 Å². The van der Waals surface area contributed by atoms with E-state index in [-0.39, 0.29) is 23.2 Å². The van der Waals surface area contributed by atoms with Gasteiger partial charge >= 0.3 is 5.69 Å². The number of fused-ring (bicyclic) bond motifs is 1. The molecule has 0 spiro atoms. The van der Waals surface area contributed by atoms with Crippen molar-refractivity contribution in [2.24, 2.45) is 0 Å². The van der Waals surface area contributed by atoms with Crippen LogP contribution in [0.1, 0.15) is 49.8 Å². The quantitative estimate of drug-likeness (QED) is 0.397. The molecule has 5 rings (SSSR count). The Morgan fingerprint density at radius 2 is 1.41 bits per heavy atom. The lowest BCUT2D eigenvalue weighted by Crippen LogP contribution is -2.36. The SMILES string of the molecule is CC(c1ccc(F)cc1)c1ccc(F)cc1.CCN1CCC(n2c(=O)[nH]c3ccccc32)CC1. The van der Waals surface area contributed by atoms with E-state index in [9.17, 15) is 13.6 Å². The smallest absolute Gasteiger partial charge is 0.306 e. The van der Waals surface area contributed by atoms with Crippen LogP contribution in [0.3, 0.4) is 0 Å².